The van der Waals surface area contributed by atoms with E-state index in [0.717, 1.165) is 0 Å². The maximum Gasteiger partial charge on any atom is 0.209 e. The molecule has 2 aliphatic heterocycles. The van der Waals surface area contributed by atoms with Crippen LogP contribution in [-0.4, -0.2) is 36.0 Å². The summed E-state index contributed by atoms with van der Waals surface area (Å²) in [6.45, 7) is 0. The lowest BCUT2D eigenvalue weighted by atomic mass is 9.77. The lowest BCUT2D eigenvalue weighted by Crippen LogP contribution is -2.38. The summed E-state index contributed by atoms with van der Waals surface area (Å²) in [4.78, 5) is 0. The first-order valence-corrected chi connectivity index (χ1v) is 16.8. The van der Waals surface area contributed by atoms with Gasteiger partial charge in [-0.2, -0.15) is 0 Å². The van der Waals surface area contributed by atoms with E-state index in [1.54, 1.807) is 0 Å². The van der Waals surface area contributed by atoms with Gasteiger partial charge in [-0.15, -0.1) is 0 Å². The summed E-state index contributed by atoms with van der Waals surface area (Å²) in [5.41, 5.74) is 0. The van der Waals surface area contributed by atoms with Gasteiger partial charge in [-0.1, -0.05) is 77.0 Å². The highest BCUT2D eigenvalue weighted by Gasteiger charge is 2.55. The Bertz CT molecular complexity index is 703. The van der Waals surface area contributed by atoms with E-state index in [1.165, 1.54) is 128 Å². The van der Waals surface area contributed by atoms with Gasteiger partial charge >= 0.3 is 0 Å². The molecule has 0 N–H and O–H groups in total. The van der Waals surface area contributed by atoms with Gasteiger partial charge in [0, 0.05) is 0 Å². The van der Waals surface area contributed by atoms with Gasteiger partial charge in [-0.3, -0.25) is 0 Å². The molecule has 4 atom stereocenters. The molecule has 0 bridgehead atoms. The molecule has 0 radical (unpaired) electrons. The van der Waals surface area contributed by atoms with Gasteiger partial charge in [0.15, 0.2) is 0 Å². The van der Waals surface area contributed by atoms with Crippen LogP contribution in [-0.2, 0) is 18.9 Å². The molecule has 0 unspecified atom stereocenters. The zero-order valence-corrected chi connectivity index (χ0v) is 23.7. The van der Waals surface area contributed by atoms with Gasteiger partial charge in [0.2, 0.25) is 11.6 Å². The van der Waals surface area contributed by atoms with Crippen LogP contribution in [0.2, 0.25) is 0 Å². The molecular formula is C34H52O4. The molecular weight excluding hydrogens is 472 g/mol. The van der Waals surface area contributed by atoms with Gasteiger partial charge in [0.25, 0.3) is 0 Å². The molecule has 6 fully saturated rings. The summed E-state index contributed by atoms with van der Waals surface area (Å²) in [5.74, 6) is 1.06. The number of ether oxygens (including phenoxy) is 4. The Morgan fingerprint density at radius 1 is 0.316 bits per heavy atom. The molecule has 212 valence electrons. The van der Waals surface area contributed by atoms with Crippen LogP contribution in [0.3, 0.4) is 0 Å². The molecule has 38 heavy (non-hydrogen) atoms. The Labute approximate surface area is 231 Å². The molecule has 7 rings (SSSR count). The Morgan fingerprint density at radius 3 is 0.737 bits per heavy atom. The molecule has 4 heteroatoms. The van der Waals surface area contributed by atoms with Crippen molar-refractivity contribution >= 4 is 0 Å². The smallest absolute Gasteiger partial charge is 0.209 e. The fraction of sp³-hybridized carbons (Fsp3) is 0.882. The second-order valence-corrected chi connectivity index (χ2v) is 14.0. The third kappa shape index (κ3) is 5.21. The van der Waals surface area contributed by atoms with E-state index in [4.69, 9.17) is 18.9 Å². The van der Waals surface area contributed by atoms with Crippen molar-refractivity contribution in [2.24, 2.45) is 23.7 Å². The first-order valence-electron chi connectivity index (χ1n) is 16.8. The maximum absolute atomic E-state index is 6.98. The minimum Gasteiger partial charge on any atom is -0.337 e. The van der Waals surface area contributed by atoms with Crippen molar-refractivity contribution in [3.8, 4) is 0 Å². The highest BCUT2D eigenvalue weighted by molar-refractivity contribution is 5.28. The van der Waals surface area contributed by atoms with E-state index in [2.05, 4.69) is 24.3 Å². The van der Waals surface area contributed by atoms with Crippen molar-refractivity contribution in [3.63, 3.8) is 0 Å². The molecule has 2 heterocycles. The number of hydrogen-bond donors (Lipinski definition) is 0. The van der Waals surface area contributed by atoms with Crippen LogP contribution in [0.5, 0.6) is 0 Å². The van der Waals surface area contributed by atoms with E-state index in [1.807, 2.05) is 0 Å². The molecule has 7 aliphatic rings. The fourth-order valence-electron chi connectivity index (χ4n) is 9.37. The summed E-state index contributed by atoms with van der Waals surface area (Å²) >= 11 is 0. The predicted molar refractivity (Wildman–Crippen MR) is 150 cm³/mol. The van der Waals surface area contributed by atoms with Crippen molar-refractivity contribution < 1.29 is 18.9 Å². The molecule has 0 aromatic heterocycles. The highest BCUT2D eigenvalue weighted by Crippen LogP contribution is 2.50. The highest BCUT2D eigenvalue weighted by atomic mass is 16.8. The third-order valence-electron chi connectivity index (χ3n) is 11.5. The first kappa shape index (κ1) is 26.2. The largest absolute Gasteiger partial charge is 0.337 e. The van der Waals surface area contributed by atoms with Crippen molar-refractivity contribution in [2.45, 2.75) is 164 Å². The van der Waals surface area contributed by atoms with E-state index in [-0.39, 0.29) is 24.4 Å². The minimum atomic E-state index is -0.745. The van der Waals surface area contributed by atoms with Crippen LogP contribution < -0.4 is 0 Å². The standard InChI is InChI=1S/C34H52O4/c1-5-13-25(14-6-1)29-30(26-15-7-2-8-16-26)36-33(35-29)21-23-34(24-22-33)37-31(27-17-9-3-10-18-27)32(38-34)28-19-11-4-12-20-28/h21-32H,1-20H2/t29-,30-,31-,32-/m1/s1. The van der Waals surface area contributed by atoms with Crippen LogP contribution in [0, 0.1) is 23.7 Å². The van der Waals surface area contributed by atoms with Gasteiger partial charge in [0.1, 0.15) is 0 Å². The van der Waals surface area contributed by atoms with Crippen molar-refractivity contribution in [3.05, 3.63) is 24.3 Å². The molecule has 0 amide bonds. The molecule has 0 aromatic rings. The van der Waals surface area contributed by atoms with Crippen LogP contribution in [0.1, 0.15) is 128 Å². The molecule has 5 aliphatic carbocycles. The average molecular weight is 525 g/mol. The van der Waals surface area contributed by atoms with Crippen LogP contribution in [0.4, 0.5) is 0 Å². The molecule has 0 aromatic carbocycles. The quantitative estimate of drug-likeness (QED) is 0.346. The number of rotatable bonds is 4. The summed E-state index contributed by atoms with van der Waals surface area (Å²) in [6, 6.07) is 0. The fourth-order valence-corrected chi connectivity index (χ4v) is 9.37. The van der Waals surface area contributed by atoms with Crippen molar-refractivity contribution in [1.29, 1.82) is 0 Å². The minimum absolute atomic E-state index is 0.220. The van der Waals surface area contributed by atoms with Gasteiger partial charge < -0.3 is 18.9 Å². The summed E-state index contributed by atoms with van der Waals surface area (Å²) in [5, 5.41) is 0. The summed E-state index contributed by atoms with van der Waals surface area (Å²) < 4.78 is 27.9. The lowest BCUT2D eigenvalue weighted by Gasteiger charge is -2.34. The second kappa shape index (κ2) is 11.3. The normalized spacial score (nSPS) is 38.9. The Balaban J connectivity index is 1.11. The van der Waals surface area contributed by atoms with Crippen molar-refractivity contribution in [1.82, 2.24) is 0 Å². The Hall–Kier alpha value is -0.680. The van der Waals surface area contributed by atoms with Crippen LogP contribution in [0.15, 0.2) is 24.3 Å². The summed E-state index contributed by atoms with van der Waals surface area (Å²) in [7, 11) is 0. The third-order valence-corrected chi connectivity index (χ3v) is 11.5. The van der Waals surface area contributed by atoms with Crippen LogP contribution >= 0.6 is 0 Å². The average Bonchev–Trinajstić information content (AvgIpc) is 3.57. The zero-order valence-electron chi connectivity index (χ0n) is 23.7. The van der Waals surface area contributed by atoms with E-state index >= 15 is 0 Å². The molecule has 2 spiro atoms. The zero-order chi connectivity index (χ0) is 25.4. The monoisotopic (exact) mass is 524 g/mol. The van der Waals surface area contributed by atoms with E-state index in [0.29, 0.717) is 23.7 Å². The predicted octanol–water partition coefficient (Wildman–Crippen LogP) is 8.39. The van der Waals surface area contributed by atoms with Gasteiger partial charge in [-0.25, -0.2) is 0 Å². The van der Waals surface area contributed by atoms with Crippen molar-refractivity contribution in [2.75, 3.05) is 0 Å². The lowest BCUT2D eigenvalue weighted by molar-refractivity contribution is -0.136. The Kier molecular flexibility index (Phi) is 7.80. The summed E-state index contributed by atoms with van der Waals surface area (Å²) in [6.07, 6.45) is 36.2. The SMILES string of the molecule is C1=CC2(C=CC13O[C@H](C1CCCCC1)[C@@H](C1CCCCC1)O3)O[C@H](C1CCCCC1)[C@@H](C1CCCCC1)O2. The maximum atomic E-state index is 6.98. The topological polar surface area (TPSA) is 36.9 Å². The molecule has 2 saturated heterocycles. The number of hydrogen-bond acceptors (Lipinski definition) is 4. The van der Waals surface area contributed by atoms with Gasteiger partial charge in [0.05, 0.1) is 24.4 Å². The van der Waals surface area contributed by atoms with E-state index in [9.17, 15) is 0 Å². The first-order chi connectivity index (χ1) is 18.7. The second-order valence-electron chi connectivity index (χ2n) is 14.0. The Morgan fingerprint density at radius 2 is 0.526 bits per heavy atom. The van der Waals surface area contributed by atoms with Crippen LogP contribution in [0.25, 0.3) is 0 Å². The molecule has 4 nitrogen and oxygen atoms in total. The molecule has 4 saturated carbocycles. The van der Waals surface area contributed by atoms with Gasteiger partial charge in [-0.05, 0) is 99.3 Å². The van der Waals surface area contributed by atoms with E-state index < -0.39 is 11.6 Å².